The van der Waals surface area contributed by atoms with Gasteiger partial charge in [0.05, 0.1) is 5.56 Å². The number of hydrogen-bond acceptors (Lipinski definition) is 5. The van der Waals surface area contributed by atoms with Gasteiger partial charge < -0.3 is 21.1 Å². The molecule has 0 spiro atoms. The number of nitrogens with one attached hydrogen (secondary N) is 2. The standard InChI is InChI=1S/C13H19N3O3S/c1-19-7-10(17)16-13-11(12(18)15-6-5-14)8-3-2-4-9(8)20-13/h2-7,14H2,1H3,(H,15,18)(H,16,17). The van der Waals surface area contributed by atoms with Crippen LogP contribution in [0.4, 0.5) is 5.00 Å². The molecule has 2 rings (SSSR count). The van der Waals surface area contributed by atoms with Gasteiger partial charge >= 0.3 is 0 Å². The Labute approximate surface area is 121 Å². The first-order valence-electron chi connectivity index (χ1n) is 6.59. The van der Waals surface area contributed by atoms with E-state index in [1.165, 1.54) is 23.3 Å². The number of anilines is 1. The lowest BCUT2D eigenvalue weighted by atomic mass is 10.1. The van der Waals surface area contributed by atoms with Crippen molar-refractivity contribution in [3.8, 4) is 0 Å². The maximum Gasteiger partial charge on any atom is 0.254 e. The largest absolute Gasteiger partial charge is 0.375 e. The molecule has 0 radical (unpaired) electrons. The Bertz CT molecular complexity index is 513. The maximum atomic E-state index is 12.2. The van der Waals surface area contributed by atoms with Crippen LogP contribution in [0.1, 0.15) is 27.2 Å². The minimum absolute atomic E-state index is 0.0214. The van der Waals surface area contributed by atoms with Gasteiger partial charge in [-0.15, -0.1) is 11.3 Å². The molecule has 0 saturated carbocycles. The Balaban J connectivity index is 2.22. The predicted molar refractivity (Wildman–Crippen MR) is 78.2 cm³/mol. The lowest BCUT2D eigenvalue weighted by Crippen LogP contribution is -2.30. The average molecular weight is 297 g/mol. The van der Waals surface area contributed by atoms with Gasteiger partial charge in [0.15, 0.2) is 0 Å². The zero-order valence-corrected chi connectivity index (χ0v) is 12.3. The van der Waals surface area contributed by atoms with Gasteiger partial charge in [-0.3, -0.25) is 9.59 Å². The topological polar surface area (TPSA) is 93.4 Å². The molecule has 20 heavy (non-hydrogen) atoms. The number of ether oxygens (including phenoxy) is 1. The van der Waals surface area contributed by atoms with E-state index in [1.807, 2.05) is 0 Å². The Morgan fingerprint density at radius 2 is 2.20 bits per heavy atom. The van der Waals surface area contributed by atoms with E-state index in [9.17, 15) is 9.59 Å². The summed E-state index contributed by atoms with van der Waals surface area (Å²) in [5, 5.41) is 6.15. The van der Waals surface area contributed by atoms with Gasteiger partial charge in [0.2, 0.25) is 0 Å². The van der Waals surface area contributed by atoms with E-state index in [-0.39, 0.29) is 18.4 Å². The number of rotatable bonds is 6. The summed E-state index contributed by atoms with van der Waals surface area (Å²) in [7, 11) is 1.46. The molecule has 4 N–H and O–H groups in total. The molecule has 1 heterocycles. The number of amides is 2. The van der Waals surface area contributed by atoms with Crippen LogP contribution in [0.5, 0.6) is 0 Å². The third kappa shape index (κ3) is 3.17. The highest BCUT2D eigenvalue weighted by Gasteiger charge is 2.27. The molecule has 0 aromatic carbocycles. The average Bonchev–Trinajstić information content (AvgIpc) is 2.96. The fourth-order valence-corrected chi connectivity index (χ4v) is 3.60. The lowest BCUT2D eigenvalue weighted by molar-refractivity contribution is -0.119. The number of fused-ring (bicyclic) bond motifs is 1. The molecule has 1 aliphatic rings. The summed E-state index contributed by atoms with van der Waals surface area (Å²) < 4.78 is 4.79. The minimum Gasteiger partial charge on any atom is -0.375 e. The lowest BCUT2D eigenvalue weighted by Gasteiger charge is -2.08. The summed E-state index contributed by atoms with van der Waals surface area (Å²) >= 11 is 1.49. The molecular formula is C13H19N3O3S. The van der Waals surface area contributed by atoms with Gasteiger partial charge in [0.25, 0.3) is 11.8 Å². The molecule has 2 amide bonds. The molecule has 7 heteroatoms. The molecule has 1 aliphatic carbocycles. The van der Waals surface area contributed by atoms with Crippen molar-refractivity contribution in [3.63, 3.8) is 0 Å². The highest BCUT2D eigenvalue weighted by Crippen LogP contribution is 2.39. The van der Waals surface area contributed by atoms with Gasteiger partial charge in [0.1, 0.15) is 11.6 Å². The van der Waals surface area contributed by atoms with Crippen LogP contribution in [0.15, 0.2) is 0 Å². The van der Waals surface area contributed by atoms with Crippen molar-refractivity contribution < 1.29 is 14.3 Å². The van der Waals surface area contributed by atoms with Gasteiger partial charge in [-0.05, 0) is 24.8 Å². The number of carbonyl (C=O) groups excluding carboxylic acids is 2. The molecule has 1 aromatic rings. The Kier molecular flexibility index (Phi) is 5.11. The zero-order chi connectivity index (χ0) is 14.5. The van der Waals surface area contributed by atoms with Crippen molar-refractivity contribution in [1.82, 2.24) is 5.32 Å². The quantitative estimate of drug-likeness (QED) is 0.713. The number of hydrogen-bond donors (Lipinski definition) is 3. The molecule has 1 aromatic heterocycles. The first kappa shape index (κ1) is 15.0. The SMILES string of the molecule is COCC(=O)Nc1sc2c(c1C(=O)NCCN)CCC2. The van der Waals surface area contributed by atoms with E-state index < -0.39 is 0 Å². The Hall–Kier alpha value is -1.44. The van der Waals surface area contributed by atoms with Crippen LogP contribution in [0.3, 0.4) is 0 Å². The summed E-state index contributed by atoms with van der Waals surface area (Å²) in [5.74, 6) is -0.414. The highest BCUT2D eigenvalue weighted by atomic mass is 32.1. The molecule has 0 unspecified atom stereocenters. The van der Waals surface area contributed by atoms with Crippen molar-refractivity contribution in [3.05, 3.63) is 16.0 Å². The second-order valence-corrected chi connectivity index (χ2v) is 5.69. The first-order chi connectivity index (χ1) is 9.67. The van der Waals surface area contributed by atoms with Crippen LogP contribution in [-0.4, -0.2) is 38.6 Å². The molecule has 6 nitrogen and oxygen atoms in total. The Morgan fingerprint density at radius 3 is 2.90 bits per heavy atom. The van der Waals surface area contributed by atoms with Gasteiger partial charge in [0, 0.05) is 25.1 Å². The van der Waals surface area contributed by atoms with E-state index >= 15 is 0 Å². The summed E-state index contributed by atoms with van der Waals surface area (Å²) in [6.45, 7) is 0.796. The summed E-state index contributed by atoms with van der Waals surface area (Å²) in [5.41, 5.74) is 7.07. The molecule has 110 valence electrons. The van der Waals surface area contributed by atoms with Crippen molar-refractivity contribution in [1.29, 1.82) is 0 Å². The Morgan fingerprint density at radius 1 is 1.40 bits per heavy atom. The molecule has 0 fully saturated rings. The van der Waals surface area contributed by atoms with E-state index in [2.05, 4.69) is 10.6 Å². The number of methoxy groups -OCH3 is 1. The predicted octanol–water partition coefficient (Wildman–Crippen LogP) is 0.510. The number of aryl methyl sites for hydroxylation is 1. The highest BCUT2D eigenvalue weighted by molar-refractivity contribution is 7.17. The minimum atomic E-state index is -0.250. The fourth-order valence-electron chi connectivity index (χ4n) is 2.30. The van der Waals surface area contributed by atoms with E-state index in [1.54, 1.807) is 0 Å². The zero-order valence-electron chi connectivity index (χ0n) is 11.5. The second kappa shape index (κ2) is 6.83. The number of thiophene rings is 1. The van der Waals surface area contributed by atoms with E-state index in [0.29, 0.717) is 23.7 Å². The van der Waals surface area contributed by atoms with E-state index in [0.717, 1.165) is 24.8 Å². The summed E-state index contributed by atoms with van der Waals surface area (Å²) in [6.07, 6.45) is 2.92. The molecule has 0 aliphatic heterocycles. The smallest absolute Gasteiger partial charge is 0.254 e. The number of carbonyl (C=O) groups is 2. The van der Waals surface area contributed by atoms with Crippen LogP contribution in [0.2, 0.25) is 0 Å². The molecule has 0 atom stereocenters. The molecular weight excluding hydrogens is 278 g/mol. The van der Waals surface area contributed by atoms with Gasteiger partial charge in [-0.2, -0.15) is 0 Å². The monoisotopic (exact) mass is 297 g/mol. The van der Waals surface area contributed by atoms with E-state index in [4.69, 9.17) is 10.5 Å². The van der Waals surface area contributed by atoms with Crippen LogP contribution in [-0.2, 0) is 22.4 Å². The van der Waals surface area contributed by atoms with Crippen molar-refractivity contribution >= 4 is 28.2 Å². The second-order valence-electron chi connectivity index (χ2n) is 4.59. The van der Waals surface area contributed by atoms with Crippen LogP contribution >= 0.6 is 11.3 Å². The third-order valence-electron chi connectivity index (χ3n) is 3.11. The first-order valence-corrected chi connectivity index (χ1v) is 7.40. The summed E-state index contributed by atoms with van der Waals surface area (Å²) in [4.78, 5) is 25.1. The third-order valence-corrected chi connectivity index (χ3v) is 4.31. The molecule has 0 saturated heterocycles. The summed E-state index contributed by atoms with van der Waals surface area (Å²) in [6, 6.07) is 0. The van der Waals surface area contributed by atoms with Gasteiger partial charge in [-0.1, -0.05) is 0 Å². The van der Waals surface area contributed by atoms with Gasteiger partial charge in [-0.25, -0.2) is 0 Å². The van der Waals surface area contributed by atoms with Crippen LogP contribution in [0.25, 0.3) is 0 Å². The van der Waals surface area contributed by atoms with Crippen LogP contribution in [0, 0.1) is 0 Å². The molecule has 0 bridgehead atoms. The van der Waals surface area contributed by atoms with Crippen molar-refractivity contribution in [2.75, 3.05) is 32.1 Å². The van der Waals surface area contributed by atoms with Crippen molar-refractivity contribution in [2.24, 2.45) is 5.73 Å². The number of nitrogens with two attached hydrogens (primary N) is 1. The fraction of sp³-hybridized carbons (Fsp3) is 0.538. The normalized spacial score (nSPS) is 13.1. The van der Waals surface area contributed by atoms with Crippen molar-refractivity contribution in [2.45, 2.75) is 19.3 Å². The maximum absolute atomic E-state index is 12.2. The van der Waals surface area contributed by atoms with Crippen LogP contribution < -0.4 is 16.4 Å².